The molecule has 0 aliphatic carbocycles. The van der Waals surface area contributed by atoms with E-state index in [0.717, 1.165) is 17.0 Å². The molecule has 0 saturated heterocycles. The fourth-order valence-corrected chi connectivity index (χ4v) is 3.81. The van der Waals surface area contributed by atoms with Crippen molar-refractivity contribution >= 4 is 17.7 Å². The van der Waals surface area contributed by atoms with Crippen molar-refractivity contribution in [2.75, 3.05) is 12.3 Å². The summed E-state index contributed by atoms with van der Waals surface area (Å²) in [6, 6.07) is 16.4. The number of hydrogen-bond acceptors (Lipinski definition) is 5. The zero-order valence-corrected chi connectivity index (χ0v) is 18.2. The number of thioether (sulfide) groups is 1. The van der Waals surface area contributed by atoms with Crippen molar-refractivity contribution in [3.05, 3.63) is 84.2 Å². The summed E-state index contributed by atoms with van der Waals surface area (Å²) in [5.41, 5.74) is 2.05. The lowest BCUT2D eigenvalue weighted by atomic mass is 10.1. The van der Waals surface area contributed by atoms with E-state index in [2.05, 4.69) is 26.8 Å². The first-order chi connectivity index (χ1) is 15.5. The average Bonchev–Trinajstić information content (AvgIpc) is 3.15. The Bertz CT molecular complexity index is 1010. The predicted octanol–water partition coefficient (Wildman–Crippen LogP) is 4.11. The Hall–Kier alpha value is -3.20. The van der Waals surface area contributed by atoms with Gasteiger partial charge in [0.05, 0.1) is 5.75 Å². The van der Waals surface area contributed by atoms with Gasteiger partial charge in [0.2, 0.25) is 5.91 Å². The Morgan fingerprint density at radius 1 is 1.12 bits per heavy atom. The summed E-state index contributed by atoms with van der Waals surface area (Å²) in [5, 5.41) is 12.1. The zero-order valence-electron chi connectivity index (χ0n) is 17.4. The van der Waals surface area contributed by atoms with Gasteiger partial charge in [-0.15, -0.1) is 16.8 Å². The number of alkyl halides is 2. The number of nitrogens with one attached hydrogen (secondary N) is 1. The third-order valence-corrected chi connectivity index (χ3v) is 5.49. The lowest BCUT2D eigenvalue weighted by Gasteiger charge is -2.09. The number of benzene rings is 2. The molecule has 0 aliphatic rings. The quantitative estimate of drug-likeness (QED) is 0.327. The Morgan fingerprint density at radius 2 is 1.88 bits per heavy atom. The maximum atomic E-state index is 12.2. The van der Waals surface area contributed by atoms with Crippen molar-refractivity contribution < 1.29 is 18.3 Å². The molecular formula is C23H24F2N4O2S. The lowest BCUT2D eigenvalue weighted by Crippen LogP contribution is -2.27. The number of carbonyl (C=O) groups is 1. The van der Waals surface area contributed by atoms with Gasteiger partial charge in [0, 0.05) is 19.5 Å². The van der Waals surface area contributed by atoms with Crippen molar-refractivity contribution in [1.82, 2.24) is 20.1 Å². The molecule has 0 radical (unpaired) electrons. The lowest BCUT2D eigenvalue weighted by molar-refractivity contribution is -0.118. The monoisotopic (exact) mass is 458 g/mol. The number of carbonyl (C=O) groups excluding carboxylic acids is 1. The van der Waals surface area contributed by atoms with E-state index in [0.29, 0.717) is 31.1 Å². The van der Waals surface area contributed by atoms with E-state index in [1.165, 1.54) is 23.9 Å². The average molecular weight is 459 g/mol. The minimum Gasteiger partial charge on any atom is -0.435 e. The van der Waals surface area contributed by atoms with Gasteiger partial charge in [-0.3, -0.25) is 4.79 Å². The summed E-state index contributed by atoms with van der Waals surface area (Å²) in [6.07, 6.45) is 3.01. The molecule has 3 aromatic rings. The van der Waals surface area contributed by atoms with Crippen LogP contribution in [0, 0.1) is 0 Å². The fraction of sp³-hybridized carbons (Fsp3) is 0.261. The van der Waals surface area contributed by atoms with Crippen molar-refractivity contribution in [2.45, 2.75) is 31.2 Å². The highest BCUT2D eigenvalue weighted by Gasteiger charge is 2.14. The normalized spacial score (nSPS) is 10.8. The number of allylic oxidation sites excluding steroid dienone is 1. The van der Waals surface area contributed by atoms with E-state index in [4.69, 9.17) is 0 Å². The number of nitrogens with zero attached hydrogens (tertiary/aromatic N) is 3. The highest BCUT2D eigenvalue weighted by molar-refractivity contribution is 7.99. The maximum Gasteiger partial charge on any atom is 0.387 e. The van der Waals surface area contributed by atoms with Crippen LogP contribution in [0.5, 0.6) is 5.75 Å². The van der Waals surface area contributed by atoms with Crippen LogP contribution in [-0.4, -0.2) is 39.6 Å². The Balaban J connectivity index is 1.47. The van der Waals surface area contributed by atoms with Gasteiger partial charge in [0.25, 0.3) is 0 Å². The molecule has 0 fully saturated rings. The van der Waals surface area contributed by atoms with Gasteiger partial charge in [0.1, 0.15) is 11.6 Å². The Morgan fingerprint density at radius 3 is 2.56 bits per heavy atom. The fourth-order valence-electron chi connectivity index (χ4n) is 3.01. The van der Waals surface area contributed by atoms with Crippen LogP contribution in [0.3, 0.4) is 0 Å². The Kier molecular flexibility index (Phi) is 8.79. The van der Waals surface area contributed by atoms with Gasteiger partial charge >= 0.3 is 6.61 Å². The summed E-state index contributed by atoms with van der Waals surface area (Å²) in [5.74, 6) is 1.02. The van der Waals surface area contributed by atoms with Crippen LogP contribution in [-0.2, 0) is 24.2 Å². The van der Waals surface area contributed by atoms with Crippen molar-refractivity contribution in [1.29, 1.82) is 0 Å². The first kappa shape index (κ1) is 23.5. The summed E-state index contributed by atoms with van der Waals surface area (Å²) in [4.78, 5) is 12.2. The molecule has 1 aromatic heterocycles. The molecule has 32 heavy (non-hydrogen) atoms. The molecule has 168 valence electrons. The first-order valence-corrected chi connectivity index (χ1v) is 11.0. The third kappa shape index (κ3) is 7.19. The second kappa shape index (κ2) is 12.0. The number of aromatic nitrogens is 3. The van der Waals surface area contributed by atoms with Crippen LogP contribution < -0.4 is 10.1 Å². The van der Waals surface area contributed by atoms with Crippen LogP contribution >= 0.6 is 11.8 Å². The van der Waals surface area contributed by atoms with Crippen LogP contribution in [0.15, 0.2) is 72.4 Å². The van der Waals surface area contributed by atoms with E-state index in [9.17, 15) is 13.6 Å². The standard InChI is InChI=1S/C23H24F2N4O2S/c1-2-14-29-20(15-18-6-4-3-5-7-18)27-28-23(29)32-16-21(30)26-13-12-17-8-10-19(11-9-17)31-22(24)25/h2-11,22H,1,12-16H2,(H,26,30). The minimum atomic E-state index is -2.84. The SMILES string of the molecule is C=CCn1c(Cc2ccccc2)nnc1SCC(=O)NCCc1ccc(OC(F)F)cc1. The number of ether oxygens (including phenoxy) is 1. The van der Waals surface area contributed by atoms with E-state index in [1.807, 2.05) is 34.9 Å². The molecule has 0 bridgehead atoms. The number of halogens is 2. The van der Waals surface area contributed by atoms with Crippen LogP contribution in [0.25, 0.3) is 0 Å². The number of rotatable bonds is 12. The van der Waals surface area contributed by atoms with Gasteiger partial charge in [-0.05, 0) is 29.7 Å². The van der Waals surface area contributed by atoms with Crippen molar-refractivity contribution in [2.24, 2.45) is 0 Å². The summed E-state index contributed by atoms with van der Waals surface area (Å²) in [7, 11) is 0. The third-order valence-electron chi connectivity index (χ3n) is 4.53. The molecule has 6 nitrogen and oxygen atoms in total. The molecular weight excluding hydrogens is 434 g/mol. The van der Waals surface area contributed by atoms with E-state index in [1.54, 1.807) is 18.2 Å². The summed E-state index contributed by atoms with van der Waals surface area (Å²) < 4.78 is 30.7. The molecule has 0 unspecified atom stereocenters. The summed E-state index contributed by atoms with van der Waals surface area (Å²) >= 11 is 1.32. The van der Waals surface area contributed by atoms with Gasteiger partial charge in [-0.1, -0.05) is 60.3 Å². The number of hydrogen-bond donors (Lipinski definition) is 1. The number of amides is 1. The van der Waals surface area contributed by atoms with Crippen LogP contribution in [0.1, 0.15) is 17.0 Å². The minimum absolute atomic E-state index is 0.111. The predicted molar refractivity (Wildman–Crippen MR) is 120 cm³/mol. The highest BCUT2D eigenvalue weighted by atomic mass is 32.2. The van der Waals surface area contributed by atoms with Crippen molar-refractivity contribution in [3.63, 3.8) is 0 Å². The molecule has 1 heterocycles. The van der Waals surface area contributed by atoms with Crippen LogP contribution in [0.4, 0.5) is 8.78 Å². The van der Waals surface area contributed by atoms with Gasteiger partial charge in [-0.25, -0.2) is 0 Å². The molecule has 2 aromatic carbocycles. The largest absolute Gasteiger partial charge is 0.435 e. The first-order valence-electron chi connectivity index (χ1n) is 10.1. The second-order valence-corrected chi connectivity index (χ2v) is 7.81. The van der Waals surface area contributed by atoms with Gasteiger partial charge in [0.15, 0.2) is 5.16 Å². The molecule has 0 spiro atoms. The zero-order chi connectivity index (χ0) is 22.8. The van der Waals surface area contributed by atoms with Gasteiger partial charge < -0.3 is 14.6 Å². The smallest absolute Gasteiger partial charge is 0.387 e. The van der Waals surface area contributed by atoms with Gasteiger partial charge in [-0.2, -0.15) is 8.78 Å². The summed E-state index contributed by atoms with van der Waals surface area (Å²) in [6.45, 7) is 1.95. The molecule has 0 aliphatic heterocycles. The highest BCUT2D eigenvalue weighted by Crippen LogP contribution is 2.19. The molecule has 0 atom stereocenters. The molecule has 3 rings (SSSR count). The van der Waals surface area contributed by atoms with Crippen LogP contribution in [0.2, 0.25) is 0 Å². The van der Waals surface area contributed by atoms with E-state index in [-0.39, 0.29) is 17.4 Å². The molecule has 9 heteroatoms. The topological polar surface area (TPSA) is 69.0 Å². The van der Waals surface area contributed by atoms with E-state index < -0.39 is 6.61 Å². The van der Waals surface area contributed by atoms with E-state index >= 15 is 0 Å². The Labute approximate surface area is 189 Å². The molecule has 1 N–H and O–H groups in total. The molecule has 1 amide bonds. The second-order valence-electron chi connectivity index (χ2n) is 6.87. The molecule has 0 saturated carbocycles. The van der Waals surface area contributed by atoms with Crippen molar-refractivity contribution in [3.8, 4) is 5.75 Å². The maximum absolute atomic E-state index is 12.2.